The van der Waals surface area contributed by atoms with Crippen LogP contribution in [0, 0.1) is 22.7 Å². The Morgan fingerprint density at radius 2 is 0.898 bits per heavy atom. The van der Waals surface area contributed by atoms with Gasteiger partial charge in [0.25, 0.3) is 0 Å². The Balaban J connectivity index is 1.30. The molecule has 0 fully saturated rings. The van der Waals surface area contributed by atoms with Gasteiger partial charge in [0, 0.05) is 43.4 Å². The molecule has 3 aromatic heterocycles. The molecule has 0 aliphatic carbocycles. The molecular formula is C44H24N4O. The second kappa shape index (κ2) is 10.2. The summed E-state index contributed by atoms with van der Waals surface area (Å²) in [5.74, 6) is 0. The molecule has 0 radical (unpaired) electrons. The predicted octanol–water partition coefficient (Wildman–Crippen LogP) is 11.2. The Morgan fingerprint density at radius 1 is 0.388 bits per heavy atom. The highest BCUT2D eigenvalue weighted by Crippen LogP contribution is 2.42. The average Bonchev–Trinajstić information content (AvgIpc) is 3.80. The smallest absolute Gasteiger partial charge is 0.136 e. The van der Waals surface area contributed by atoms with Crippen molar-refractivity contribution in [3.05, 3.63) is 157 Å². The maximum atomic E-state index is 9.86. The van der Waals surface area contributed by atoms with E-state index in [1.54, 1.807) is 0 Å². The fraction of sp³-hybridized carbons (Fsp3) is 0. The molecule has 0 saturated heterocycles. The van der Waals surface area contributed by atoms with Gasteiger partial charge in [-0.15, -0.1) is 0 Å². The molecule has 0 bridgehead atoms. The molecule has 0 amide bonds. The van der Waals surface area contributed by atoms with Crippen molar-refractivity contribution in [2.75, 3.05) is 0 Å². The molecule has 3 heterocycles. The summed E-state index contributed by atoms with van der Waals surface area (Å²) in [6, 6.07) is 54.4. The minimum atomic E-state index is 0.612. The third kappa shape index (κ3) is 3.85. The first-order valence-electron chi connectivity index (χ1n) is 16.1. The van der Waals surface area contributed by atoms with Crippen LogP contribution in [0.4, 0.5) is 0 Å². The largest absolute Gasteiger partial charge is 0.456 e. The van der Waals surface area contributed by atoms with Crippen molar-refractivity contribution in [1.82, 2.24) is 9.13 Å². The second-order valence-corrected chi connectivity index (χ2v) is 12.4. The number of hydrogen-bond acceptors (Lipinski definition) is 3. The lowest BCUT2D eigenvalue weighted by Crippen LogP contribution is -2.01. The van der Waals surface area contributed by atoms with E-state index in [-0.39, 0.29) is 0 Å². The fourth-order valence-corrected chi connectivity index (χ4v) is 7.66. The lowest BCUT2D eigenvalue weighted by Gasteiger charge is -2.18. The van der Waals surface area contributed by atoms with E-state index in [1.807, 2.05) is 48.5 Å². The van der Waals surface area contributed by atoms with Crippen molar-refractivity contribution in [2.45, 2.75) is 0 Å². The van der Waals surface area contributed by atoms with Crippen molar-refractivity contribution in [2.24, 2.45) is 0 Å². The summed E-state index contributed by atoms with van der Waals surface area (Å²) in [4.78, 5) is 0. The van der Waals surface area contributed by atoms with Crippen molar-refractivity contribution >= 4 is 65.6 Å². The van der Waals surface area contributed by atoms with Crippen LogP contribution in [0.1, 0.15) is 11.1 Å². The van der Waals surface area contributed by atoms with Gasteiger partial charge in [0.05, 0.1) is 56.7 Å². The zero-order valence-electron chi connectivity index (χ0n) is 26.1. The van der Waals surface area contributed by atoms with Crippen LogP contribution < -0.4 is 0 Å². The molecule has 0 unspecified atom stereocenters. The van der Waals surface area contributed by atoms with Crippen LogP contribution in [0.5, 0.6) is 0 Å². The number of rotatable bonds is 3. The normalized spacial score (nSPS) is 11.6. The Morgan fingerprint density at radius 3 is 1.57 bits per heavy atom. The zero-order valence-corrected chi connectivity index (χ0v) is 26.1. The van der Waals surface area contributed by atoms with Gasteiger partial charge in [0.1, 0.15) is 11.2 Å². The summed E-state index contributed by atoms with van der Waals surface area (Å²) in [6.45, 7) is 0. The Kier molecular flexibility index (Phi) is 5.64. The Labute approximate surface area is 280 Å². The number of benzene rings is 7. The number of aromatic nitrogens is 2. The van der Waals surface area contributed by atoms with Crippen LogP contribution in [0.15, 0.2) is 150 Å². The molecule has 0 saturated carbocycles. The Hall–Kier alpha value is -7.08. The van der Waals surface area contributed by atoms with Gasteiger partial charge in [-0.05, 0) is 72.8 Å². The third-order valence-electron chi connectivity index (χ3n) is 9.77. The van der Waals surface area contributed by atoms with Gasteiger partial charge in [-0.1, -0.05) is 72.8 Å². The van der Waals surface area contributed by atoms with Crippen LogP contribution >= 0.6 is 0 Å². The number of para-hydroxylation sites is 4. The highest BCUT2D eigenvalue weighted by molar-refractivity contribution is 6.17. The highest BCUT2D eigenvalue weighted by Gasteiger charge is 2.21. The average molecular weight is 625 g/mol. The number of hydrogen-bond donors (Lipinski definition) is 0. The van der Waals surface area contributed by atoms with Gasteiger partial charge >= 0.3 is 0 Å². The van der Waals surface area contributed by atoms with Crippen LogP contribution in [-0.4, -0.2) is 9.13 Å². The van der Waals surface area contributed by atoms with Crippen molar-refractivity contribution in [3.8, 4) is 34.6 Å². The lowest BCUT2D eigenvalue weighted by molar-refractivity contribution is 0.669. The quantitative estimate of drug-likeness (QED) is 0.196. The third-order valence-corrected chi connectivity index (χ3v) is 9.77. The van der Waals surface area contributed by atoms with E-state index >= 15 is 0 Å². The monoisotopic (exact) mass is 624 g/mol. The summed E-state index contributed by atoms with van der Waals surface area (Å²) >= 11 is 0. The SMILES string of the molecule is N#Cc1ccc2c(c1)c1ccccc1n2-c1ccccc1-c1ccccc1-n1c2ccc(C#N)cc2c2cc3oc4ccccc4c3cc21. The maximum absolute atomic E-state index is 9.86. The van der Waals surface area contributed by atoms with E-state index in [0.717, 1.165) is 88.1 Å². The van der Waals surface area contributed by atoms with Crippen LogP contribution in [0.3, 0.4) is 0 Å². The van der Waals surface area contributed by atoms with E-state index < -0.39 is 0 Å². The van der Waals surface area contributed by atoms with Crippen molar-refractivity contribution < 1.29 is 4.42 Å². The first kappa shape index (κ1) is 27.1. The molecule has 5 nitrogen and oxygen atoms in total. The second-order valence-electron chi connectivity index (χ2n) is 12.4. The van der Waals surface area contributed by atoms with E-state index in [0.29, 0.717) is 11.1 Å². The molecule has 0 aliphatic heterocycles. The lowest BCUT2D eigenvalue weighted by atomic mass is 10.0. The maximum Gasteiger partial charge on any atom is 0.136 e. The highest BCUT2D eigenvalue weighted by atomic mass is 16.3. The van der Waals surface area contributed by atoms with Crippen LogP contribution in [-0.2, 0) is 0 Å². The fourth-order valence-electron chi connectivity index (χ4n) is 7.66. The van der Waals surface area contributed by atoms with E-state index in [9.17, 15) is 10.5 Å². The molecule has 0 atom stereocenters. The van der Waals surface area contributed by atoms with E-state index in [4.69, 9.17) is 4.42 Å². The first-order chi connectivity index (χ1) is 24.2. The summed E-state index contributed by atoms with van der Waals surface area (Å²) in [5.41, 5.74) is 11.3. The molecular weight excluding hydrogens is 601 g/mol. The van der Waals surface area contributed by atoms with Gasteiger partial charge in [0.15, 0.2) is 0 Å². The van der Waals surface area contributed by atoms with Gasteiger partial charge in [-0.2, -0.15) is 10.5 Å². The van der Waals surface area contributed by atoms with Crippen molar-refractivity contribution in [1.29, 1.82) is 10.5 Å². The van der Waals surface area contributed by atoms with Crippen LogP contribution in [0.2, 0.25) is 0 Å². The van der Waals surface area contributed by atoms with Gasteiger partial charge in [-0.3, -0.25) is 0 Å². The zero-order chi connectivity index (χ0) is 32.6. The molecule has 7 aromatic carbocycles. The summed E-state index contributed by atoms with van der Waals surface area (Å²) in [5, 5.41) is 25.9. The topological polar surface area (TPSA) is 70.6 Å². The standard InChI is InChI=1S/C44H24N4O/c45-25-27-17-19-40-33(21-27)31-11-3-7-15-39(31)47(40)37-13-5-1-9-29(37)30-10-2-6-14-38(30)48-41-20-18-28(26-46)22-34(41)35-24-44-36(23-42(35)48)32-12-4-8-16-43(32)49-44/h1-24H. The summed E-state index contributed by atoms with van der Waals surface area (Å²) in [6.07, 6.45) is 0. The summed E-state index contributed by atoms with van der Waals surface area (Å²) in [7, 11) is 0. The number of furan rings is 1. The van der Waals surface area contributed by atoms with Crippen LogP contribution in [0.25, 0.3) is 88.1 Å². The molecule has 49 heavy (non-hydrogen) atoms. The number of nitrogens with zero attached hydrogens (tertiary/aromatic N) is 4. The predicted molar refractivity (Wildman–Crippen MR) is 197 cm³/mol. The molecule has 0 spiro atoms. The molecule has 10 rings (SSSR count). The molecule has 0 N–H and O–H groups in total. The van der Waals surface area contributed by atoms with Gasteiger partial charge < -0.3 is 13.6 Å². The molecule has 10 aromatic rings. The summed E-state index contributed by atoms with van der Waals surface area (Å²) < 4.78 is 11.0. The van der Waals surface area contributed by atoms with Gasteiger partial charge in [-0.25, -0.2) is 0 Å². The Bertz CT molecular complexity index is 3090. The van der Waals surface area contributed by atoms with E-state index in [2.05, 4.69) is 118 Å². The molecule has 226 valence electrons. The number of nitriles is 2. The molecule has 5 heteroatoms. The molecule has 0 aliphatic rings. The van der Waals surface area contributed by atoms with Gasteiger partial charge in [0.2, 0.25) is 0 Å². The van der Waals surface area contributed by atoms with E-state index in [1.165, 1.54) is 0 Å². The first-order valence-corrected chi connectivity index (χ1v) is 16.1. The van der Waals surface area contributed by atoms with Crippen molar-refractivity contribution in [3.63, 3.8) is 0 Å². The number of fused-ring (bicyclic) bond motifs is 9. The minimum Gasteiger partial charge on any atom is -0.456 e. The minimum absolute atomic E-state index is 0.612.